The van der Waals surface area contributed by atoms with Gasteiger partial charge in [0, 0.05) is 11.3 Å². The van der Waals surface area contributed by atoms with Crippen molar-refractivity contribution in [3.8, 4) is 0 Å². The Balaban J connectivity index is 2.82. The molecule has 0 aromatic carbocycles. The van der Waals surface area contributed by atoms with Gasteiger partial charge in [-0.2, -0.15) is 0 Å². The van der Waals surface area contributed by atoms with Gasteiger partial charge < -0.3 is 10.2 Å². The van der Waals surface area contributed by atoms with E-state index in [0.717, 1.165) is 0 Å². The van der Waals surface area contributed by atoms with Crippen LogP contribution in [-0.4, -0.2) is 16.0 Å². The zero-order valence-corrected chi connectivity index (χ0v) is 7.05. The third-order valence-electron chi connectivity index (χ3n) is 3.47. The molecule has 1 saturated carbocycles. The summed E-state index contributed by atoms with van der Waals surface area (Å²) >= 11 is 0. The predicted octanol–water partition coefficient (Wildman–Crippen LogP) is 0.979. The molecule has 0 radical (unpaired) electrons. The smallest absolute Gasteiger partial charge is 0.170 e. The van der Waals surface area contributed by atoms with E-state index in [1.807, 2.05) is 20.8 Å². The first-order chi connectivity index (χ1) is 4.32. The molecule has 0 heterocycles. The second-order valence-electron chi connectivity index (χ2n) is 4.03. The molecule has 2 heteroatoms. The maximum absolute atomic E-state index is 9.44. The summed E-state index contributed by atoms with van der Waals surface area (Å²) in [7, 11) is 0. The van der Waals surface area contributed by atoms with Crippen LogP contribution in [0.15, 0.2) is 0 Å². The van der Waals surface area contributed by atoms with E-state index in [2.05, 4.69) is 6.92 Å². The minimum absolute atomic E-state index is 0.00231. The topological polar surface area (TPSA) is 40.5 Å². The zero-order valence-electron chi connectivity index (χ0n) is 7.05. The summed E-state index contributed by atoms with van der Waals surface area (Å²) in [6, 6.07) is 0. The van der Waals surface area contributed by atoms with Crippen LogP contribution in [-0.2, 0) is 0 Å². The number of hydrogen-bond donors (Lipinski definition) is 2. The van der Waals surface area contributed by atoms with Crippen LogP contribution in [0.5, 0.6) is 0 Å². The third-order valence-corrected chi connectivity index (χ3v) is 3.47. The molecule has 0 bridgehead atoms. The lowest BCUT2D eigenvalue weighted by molar-refractivity contribution is -0.356. The van der Waals surface area contributed by atoms with Crippen LogP contribution in [0.2, 0.25) is 0 Å². The van der Waals surface area contributed by atoms with E-state index >= 15 is 0 Å². The highest BCUT2D eigenvalue weighted by Crippen LogP contribution is 2.56. The Morgan fingerprint density at radius 1 is 1.00 bits per heavy atom. The van der Waals surface area contributed by atoms with Gasteiger partial charge in [0.05, 0.1) is 0 Å². The Kier molecular flexibility index (Phi) is 1.40. The molecule has 1 fully saturated rings. The summed E-state index contributed by atoms with van der Waals surface area (Å²) < 4.78 is 0. The standard InChI is InChI=1S/C8H16O2/c1-5-6(2)8(9,10)7(5,3)4/h5-6,9-10H,1-4H3. The van der Waals surface area contributed by atoms with Gasteiger partial charge in [0.1, 0.15) is 0 Å². The van der Waals surface area contributed by atoms with Crippen LogP contribution >= 0.6 is 0 Å². The number of rotatable bonds is 0. The molecule has 0 saturated heterocycles. The van der Waals surface area contributed by atoms with Crippen molar-refractivity contribution in [1.29, 1.82) is 0 Å². The summed E-state index contributed by atoms with van der Waals surface area (Å²) in [4.78, 5) is 0. The first kappa shape index (κ1) is 8.02. The average molecular weight is 144 g/mol. The fraction of sp³-hybridized carbons (Fsp3) is 1.00. The van der Waals surface area contributed by atoms with Crippen LogP contribution in [0, 0.1) is 17.3 Å². The molecule has 2 unspecified atom stereocenters. The van der Waals surface area contributed by atoms with Crippen molar-refractivity contribution in [2.45, 2.75) is 33.5 Å². The van der Waals surface area contributed by atoms with E-state index in [1.54, 1.807) is 0 Å². The minimum Gasteiger partial charge on any atom is -0.365 e. The van der Waals surface area contributed by atoms with E-state index < -0.39 is 5.79 Å². The summed E-state index contributed by atoms with van der Waals surface area (Å²) in [5.41, 5.74) is -0.341. The van der Waals surface area contributed by atoms with Gasteiger partial charge in [-0.1, -0.05) is 27.7 Å². The summed E-state index contributed by atoms with van der Waals surface area (Å²) in [6.45, 7) is 7.70. The molecular weight excluding hydrogens is 128 g/mol. The molecule has 2 atom stereocenters. The molecule has 1 aliphatic carbocycles. The Morgan fingerprint density at radius 3 is 1.50 bits per heavy atom. The Bertz CT molecular complexity index is 131. The Hall–Kier alpha value is -0.0800. The lowest BCUT2D eigenvalue weighted by atomic mass is 9.52. The zero-order chi connectivity index (χ0) is 8.15. The summed E-state index contributed by atoms with van der Waals surface area (Å²) in [6.07, 6.45) is 0. The van der Waals surface area contributed by atoms with Crippen molar-refractivity contribution in [3.05, 3.63) is 0 Å². The van der Waals surface area contributed by atoms with Crippen molar-refractivity contribution in [1.82, 2.24) is 0 Å². The van der Waals surface area contributed by atoms with E-state index in [0.29, 0.717) is 5.92 Å². The second kappa shape index (κ2) is 1.74. The Labute approximate surface area is 61.9 Å². The van der Waals surface area contributed by atoms with Crippen molar-refractivity contribution in [2.24, 2.45) is 17.3 Å². The molecule has 2 N–H and O–H groups in total. The fourth-order valence-corrected chi connectivity index (χ4v) is 1.80. The lowest BCUT2D eigenvalue weighted by Crippen LogP contribution is -2.66. The van der Waals surface area contributed by atoms with E-state index in [4.69, 9.17) is 0 Å². The first-order valence-electron chi connectivity index (χ1n) is 3.76. The molecule has 1 aliphatic rings. The van der Waals surface area contributed by atoms with Gasteiger partial charge >= 0.3 is 0 Å². The molecule has 0 aliphatic heterocycles. The minimum atomic E-state index is -1.45. The van der Waals surface area contributed by atoms with Gasteiger partial charge in [-0.3, -0.25) is 0 Å². The third kappa shape index (κ3) is 0.611. The van der Waals surface area contributed by atoms with Crippen LogP contribution in [0.1, 0.15) is 27.7 Å². The van der Waals surface area contributed by atoms with Crippen molar-refractivity contribution >= 4 is 0 Å². The van der Waals surface area contributed by atoms with Crippen molar-refractivity contribution in [3.63, 3.8) is 0 Å². The largest absolute Gasteiger partial charge is 0.365 e. The highest BCUT2D eigenvalue weighted by Gasteiger charge is 2.62. The molecular formula is C8H16O2. The van der Waals surface area contributed by atoms with Crippen LogP contribution in [0.25, 0.3) is 0 Å². The van der Waals surface area contributed by atoms with Gasteiger partial charge in [0.25, 0.3) is 0 Å². The summed E-state index contributed by atoms with van der Waals surface area (Å²) in [5, 5.41) is 18.9. The van der Waals surface area contributed by atoms with Crippen LogP contribution in [0.3, 0.4) is 0 Å². The van der Waals surface area contributed by atoms with Crippen molar-refractivity contribution in [2.75, 3.05) is 0 Å². The van der Waals surface area contributed by atoms with E-state index in [-0.39, 0.29) is 11.3 Å². The predicted molar refractivity (Wildman–Crippen MR) is 39.3 cm³/mol. The SMILES string of the molecule is CC1C(C)C(O)(O)C1(C)C. The van der Waals surface area contributed by atoms with Crippen LogP contribution in [0.4, 0.5) is 0 Å². The first-order valence-corrected chi connectivity index (χ1v) is 3.76. The average Bonchev–Trinajstić information content (AvgIpc) is 1.84. The molecule has 10 heavy (non-hydrogen) atoms. The highest BCUT2D eigenvalue weighted by molar-refractivity contribution is 5.04. The molecule has 0 amide bonds. The number of aliphatic hydroxyl groups is 2. The van der Waals surface area contributed by atoms with Crippen molar-refractivity contribution < 1.29 is 10.2 Å². The highest BCUT2D eigenvalue weighted by atomic mass is 16.5. The molecule has 1 rings (SSSR count). The van der Waals surface area contributed by atoms with Gasteiger partial charge in [0.15, 0.2) is 5.79 Å². The monoisotopic (exact) mass is 144 g/mol. The van der Waals surface area contributed by atoms with Gasteiger partial charge in [-0.05, 0) is 5.92 Å². The van der Waals surface area contributed by atoms with Gasteiger partial charge in [-0.25, -0.2) is 0 Å². The summed E-state index contributed by atoms with van der Waals surface area (Å²) in [5.74, 6) is -1.06. The van der Waals surface area contributed by atoms with E-state index in [1.165, 1.54) is 0 Å². The quantitative estimate of drug-likeness (QED) is 0.497. The van der Waals surface area contributed by atoms with Gasteiger partial charge in [0.2, 0.25) is 0 Å². The maximum atomic E-state index is 9.44. The maximum Gasteiger partial charge on any atom is 0.170 e. The van der Waals surface area contributed by atoms with Crippen LogP contribution < -0.4 is 0 Å². The van der Waals surface area contributed by atoms with Gasteiger partial charge in [-0.15, -0.1) is 0 Å². The second-order valence-corrected chi connectivity index (χ2v) is 4.03. The molecule has 0 aromatic rings. The fourth-order valence-electron chi connectivity index (χ4n) is 1.80. The van der Waals surface area contributed by atoms with E-state index in [9.17, 15) is 10.2 Å². The number of hydrogen-bond acceptors (Lipinski definition) is 2. The lowest BCUT2D eigenvalue weighted by Gasteiger charge is -2.59. The Morgan fingerprint density at radius 2 is 1.40 bits per heavy atom. The molecule has 0 aromatic heterocycles. The molecule has 2 nitrogen and oxygen atoms in total. The molecule has 0 spiro atoms. The molecule has 60 valence electrons. The normalized spacial score (nSPS) is 42.6.